The van der Waals surface area contributed by atoms with E-state index in [0.29, 0.717) is 13.2 Å². The minimum Gasteiger partial charge on any atom is -0.453 e. The average molecular weight is 176 g/mol. The van der Waals surface area contributed by atoms with Gasteiger partial charge in [-0.3, -0.25) is 0 Å². The fourth-order valence-electron chi connectivity index (χ4n) is 0.553. The van der Waals surface area contributed by atoms with E-state index in [9.17, 15) is 4.79 Å². The molecule has 0 aromatic heterocycles. The van der Waals surface area contributed by atoms with Gasteiger partial charge < -0.3 is 20.5 Å². The largest absolute Gasteiger partial charge is 0.453 e. The lowest BCUT2D eigenvalue weighted by atomic mass is 10.4. The highest BCUT2D eigenvalue weighted by Crippen LogP contribution is 1.86. The minimum atomic E-state index is -0.455. The highest BCUT2D eigenvalue weighted by atomic mass is 16.5. The van der Waals surface area contributed by atoms with E-state index in [-0.39, 0.29) is 6.23 Å². The molecule has 0 spiro atoms. The van der Waals surface area contributed by atoms with E-state index in [0.717, 1.165) is 6.42 Å². The monoisotopic (exact) mass is 176 g/mol. The highest BCUT2D eigenvalue weighted by Gasteiger charge is 1.99. The van der Waals surface area contributed by atoms with Crippen LogP contribution < -0.4 is 11.1 Å². The summed E-state index contributed by atoms with van der Waals surface area (Å²) >= 11 is 0. The van der Waals surface area contributed by atoms with Crippen LogP contribution in [0.2, 0.25) is 0 Å². The summed E-state index contributed by atoms with van der Waals surface area (Å²) in [5.74, 6) is 0. The van der Waals surface area contributed by atoms with E-state index in [1.807, 2.05) is 6.92 Å². The number of alkyl carbamates (subject to hydrolysis) is 1. The number of methoxy groups -OCH3 is 1. The Bertz CT molecular complexity index is 130. The van der Waals surface area contributed by atoms with Crippen LogP contribution in [0, 0.1) is 0 Å². The number of hydrogen-bond donors (Lipinski definition) is 2. The standard InChI is InChI=1S/C7H16N2O3/c1-3-6(8)12-5-4-9-7(10)11-2/h6H,3-5,8H2,1-2H3,(H,9,10). The number of nitrogens with two attached hydrogens (primary N) is 1. The molecule has 5 heteroatoms. The number of nitrogens with one attached hydrogen (secondary N) is 1. The van der Waals surface area contributed by atoms with Crippen LogP contribution in [0.15, 0.2) is 0 Å². The molecule has 3 N–H and O–H groups in total. The molecule has 0 aromatic rings. The van der Waals surface area contributed by atoms with Gasteiger partial charge in [0.1, 0.15) is 6.23 Å². The minimum absolute atomic E-state index is 0.246. The SMILES string of the molecule is CCC(N)OCCNC(=O)OC. The van der Waals surface area contributed by atoms with Gasteiger partial charge in [-0.2, -0.15) is 0 Å². The fraction of sp³-hybridized carbons (Fsp3) is 0.857. The quantitative estimate of drug-likeness (QED) is 0.458. The molecule has 0 rings (SSSR count). The van der Waals surface area contributed by atoms with E-state index < -0.39 is 6.09 Å². The third kappa shape index (κ3) is 5.94. The Kier molecular flexibility index (Phi) is 6.41. The Morgan fingerprint density at radius 2 is 2.33 bits per heavy atom. The zero-order valence-electron chi connectivity index (χ0n) is 7.50. The molecule has 0 aliphatic rings. The van der Waals surface area contributed by atoms with E-state index in [4.69, 9.17) is 10.5 Å². The van der Waals surface area contributed by atoms with E-state index >= 15 is 0 Å². The van der Waals surface area contributed by atoms with Crippen molar-refractivity contribution in [1.82, 2.24) is 5.32 Å². The maximum Gasteiger partial charge on any atom is 0.406 e. The second kappa shape index (κ2) is 6.87. The first kappa shape index (κ1) is 11.2. The predicted octanol–water partition coefficient (Wildman–Crippen LogP) is 0.0538. The first-order valence-electron chi connectivity index (χ1n) is 3.89. The van der Waals surface area contributed by atoms with Gasteiger partial charge >= 0.3 is 6.09 Å². The highest BCUT2D eigenvalue weighted by molar-refractivity contribution is 5.66. The summed E-state index contributed by atoms with van der Waals surface area (Å²) in [6.45, 7) is 2.75. The third-order valence-electron chi connectivity index (χ3n) is 1.29. The normalized spacial score (nSPS) is 12.2. The Labute approximate surface area is 72.2 Å². The van der Waals surface area contributed by atoms with Crippen molar-refractivity contribution in [2.45, 2.75) is 19.6 Å². The second-order valence-corrected chi connectivity index (χ2v) is 2.24. The molecule has 0 aliphatic carbocycles. The lowest BCUT2D eigenvalue weighted by Crippen LogP contribution is -2.31. The number of carbonyl (C=O) groups is 1. The number of carbonyl (C=O) groups excluding carboxylic acids is 1. The summed E-state index contributed by atoms with van der Waals surface area (Å²) in [4.78, 5) is 10.5. The average Bonchev–Trinajstić information content (AvgIpc) is 2.11. The molecule has 0 fully saturated rings. The predicted molar refractivity (Wildman–Crippen MR) is 44.6 cm³/mol. The molecule has 0 aliphatic heterocycles. The summed E-state index contributed by atoms with van der Waals surface area (Å²) in [5.41, 5.74) is 5.46. The molecule has 1 atom stereocenters. The van der Waals surface area contributed by atoms with E-state index in [1.165, 1.54) is 7.11 Å². The van der Waals surface area contributed by atoms with E-state index in [1.54, 1.807) is 0 Å². The van der Waals surface area contributed by atoms with Crippen LogP contribution in [0.3, 0.4) is 0 Å². The first-order valence-corrected chi connectivity index (χ1v) is 3.89. The lowest BCUT2D eigenvalue weighted by Gasteiger charge is -2.10. The molecule has 0 radical (unpaired) electrons. The molecule has 0 aromatic carbocycles. The van der Waals surface area contributed by atoms with Crippen molar-refractivity contribution < 1.29 is 14.3 Å². The molecular formula is C7H16N2O3. The smallest absolute Gasteiger partial charge is 0.406 e. The lowest BCUT2D eigenvalue weighted by molar-refractivity contribution is 0.0566. The van der Waals surface area contributed by atoms with Gasteiger partial charge in [0.05, 0.1) is 13.7 Å². The van der Waals surface area contributed by atoms with Gasteiger partial charge in [0.2, 0.25) is 0 Å². The zero-order chi connectivity index (χ0) is 9.40. The molecule has 0 saturated heterocycles. The van der Waals surface area contributed by atoms with Gasteiger partial charge in [0.25, 0.3) is 0 Å². The van der Waals surface area contributed by atoms with Gasteiger partial charge in [0.15, 0.2) is 0 Å². The summed E-state index contributed by atoms with van der Waals surface area (Å²) in [6.07, 6.45) is 0.0613. The molecule has 0 bridgehead atoms. The second-order valence-electron chi connectivity index (χ2n) is 2.24. The maximum atomic E-state index is 10.5. The van der Waals surface area contributed by atoms with Crippen LogP contribution in [0.1, 0.15) is 13.3 Å². The van der Waals surface area contributed by atoms with Crippen molar-refractivity contribution in [2.24, 2.45) is 5.73 Å². The Morgan fingerprint density at radius 3 is 2.83 bits per heavy atom. The molecule has 1 amide bonds. The maximum absolute atomic E-state index is 10.5. The topological polar surface area (TPSA) is 73.6 Å². The number of amides is 1. The molecule has 0 saturated carbocycles. The summed E-state index contributed by atoms with van der Waals surface area (Å²) in [7, 11) is 1.31. The molecule has 72 valence electrons. The van der Waals surface area contributed by atoms with Gasteiger partial charge in [0, 0.05) is 6.54 Å². The van der Waals surface area contributed by atoms with Crippen LogP contribution >= 0.6 is 0 Å². The summed E-state index contributed by atoms with van der Waals surface area (Å²) < 4.78 is 9.44. The van der Waals surface area contributed by atoms with Gasteiger partial charge in [-0.1, -0.05) is 6.92 Å². The zero-order valence-corrected chi connectivity index (χ0v) is 7.50. The van der Waals surface area contributed by atoms with Crippen LogP contribution in [-0.4, -0.2) is 32.6 Å². The summed E-state index contributed by atoms with van der Waals surface area (Å²) in [5, 5.41) is 2.47. The fourth-order valence-corrected chi connectivity index (χ4v) is 0.553. The first-order chi connectivity index (χ1) is 5.70. The Balaban J connectivity index is 3.15. The van der Waals surface area contributed by atoms with Crippen molar-refractivity contribution in [3.05, 3.63) is 0 Å². The summed E-state index contributed by atoms with van der Waals surface area (Å²) in [6, 6.07) is 0. The van der Waals surface area contributed by atoms with E-state index in [2.05, 4.69) is 10.1 Å². The van der Waals surface area contributed by atoms with Gasteiger partial charge in [-0.05, 0) is 6.42 Å². The van der Waals surface area contributed by atoms with Crippen molar-refractivity contribution in [3.63, 3.8) is 0 Å². The third-order valence-corrected chi connectivity index (χ3v) is 1.29. The van der Waals surface area contributed by atoms with Crippen molar-refractivity contribution in [1.29, 1.82) is 0 Å². The van der Waals surface area contributed by atoms with Crippen LogP contribution in [0.5, 0.6) is 0 Å². The molecule has 0 heterocycles. The van der Waals surface area contributed by atoms with Crippen molar-refractivity contribution >= 4 is 6.09 Å². The number of rotatable bonds is 5. The van der Waals surface area contributed by atoms with Crippen LogP contribution in [0.25, 0.3) is 0 Å². The van der Waals surface area contributed by atoms with Gasteiger partial charge in [-0.15, -0.1) is 0 Å². The van der Waals surface area contributed by atoms with Crippen LogP contribution in [0.4, 0.5) is 4.79 Å². The van der Waals surface area contributed by atoms with Crippen LogP contribution in [-0.2, 0) is 9.47 Å². The molecule has 1 unspecified atom stereocenters. The molecular weight excluding hydrogens is 160 g/mol. The van der Waals surface area contributed by atoms with Crippen molar-refractivity contribution in [3.8, 4) is 0 Å². The Morgan fingerprint density at radius 1 is 1.67 bits per heavy atom. The number of hydrogen-bond acceptors (Lipinski definition) is 4. The number of ether oxygens (including phenoxy) is 2. The molecule has 5 nitrogen and oxygen atoms in total. The van der Waals surface area contributed by atoms with Crippen molar-refractivity contribution in [2.75, 3.05) is 20.3 Å². The Hall–Kier alpha value is -0.810. The van der Waals surface area contributed by atoms with Gasteiger partial charge in [-0.25, -0.2) is 4.79 Å². The molecule has 12 heavy (non-hydrogen) atoms.